The summed E-state index contributed by atoms with van der Waals surface area (Å²) in [6.45, 7) is 0.806. The highest BCUT2D eigenvalue weighted by atomic mass is 35.5. The zero-order valence-electron chi connectivity index (χ0n) is 8.22. The Hall–Kier alpha value is -0.870. The summed E-state index contributed by atoms with van der Waals surface area (Å²) in [5, 5.41) is 2.96. The Morgan fingerprint density at radius 2 is 2.07 bits per heavy atom. The van der Waals surface area contributed by atoms with E-state index in [9.17, 15) is 8.78 Å². The monoisotopic (exact) mass is 235 g/mol. The van der Waals surface area contributed by atoms with Gasteiger partial charge < -0.3 is 10.1 Å². The van der Waals surface area contributed by atoms with Gasteiger partial charge in [-0.25, -0.2) is 8.78 Å². The Kier molecular flexibility index (Phi) is 3.88. The summed E-state index contributed by atoms with van der Waals surface area (Å²) in [6.07, 6.45) is 0.765. The third-order valence-corrected chi connectivity index (χ3v) is 2.48. The zero-order chi connectivity index (χ0) is 10.1. The minimum absolute atomic E-state index is 0. The number of hydrogen-bond acceptors (Lipinski definition) is 2. The van der Waals surface area contributed by atoms with E-state index in [1.54, 1.807) is 0 Å². The van der Waals surface area contributed by atoms with Gasteiger partial charge in [0.25, 0.3) is 0 Å². The standard InChI is InChI=1S/C10H11F2NO.ClH/c1-14-8-3-2-6(11)9(10(8)12)7-4-5-13-7;/h2-3,7,13H,4-5H2,1H3;1H/t7-;/m0./s1. The normalized spacial score (nSPS) is 19.0. The van der Waals surface area contributed by atoms with Gasteiger partial charge in [-0.2, -0.15) is 0 Å². The molecule has 0 aromatic heterocycles. The molecule has 1 atom stereocenters. The number of nitrogens with one attached hydrogen (secondary N) is 1. The van der Waals surface area contributed by atoms with Crippen molar-refractivity contribution in [3.8, 4) is 5.75 Å². The fourth-order valence-corrected chi connectivity index (χ4v) is 1.56. The van der Waals surface area contributed by atoms with Crippen LogP contribution in [0.15, 0.2) is 12.1 Å². The van der Waals surface area contributed by atoms with E-state index in [0.29, 0.717) is 0 Å². The van der Waals surface area contributed by atoms with Gasteiger partial charge in [-0.3, -0.25) is 0 Å². The van der Waals surface area contributed by atoms with Crippen LogP contribution in [0.1, 0.15) is 18.0 Å². The molecule has 84 valence electrons. The van der Waals surface area contributed by atoms with E-state index in [2.05, 4.69) is 5.32 Å². The van der Waals surface area contributed by atoms with Crippen molar-refractivity contribution < 1.29 is 13.5 Å². The second kappa shape index (κ2) is 4.77. The van der Waals surface area contributed by atoms with Gasteiger partial charge in [0.15, 0.2) is 11.6 Å². The molecule has 2 nitrogen and oxygen atoms in total. The van der Waals surface area contributed by atoms with Gasteiger partial charge in [-0.15, -0.1) is 12.4 Å². The van der Waals surface area contributed by atoms with Crippen LogP contribution < -0.4 is 10.1 Å². The fraction of sp³-hybridized carbons (Fsp3) is 0.400. The lowest BCUT2D eigenvalue weighted by molar-refractivity contribution is 0.337. The molecule has 0 unspecified atom stereocenters. The van der Waals surface area contributed by atoms with E-state index in [1.165, 1.54) is 19.2 Å². The Bertz CT molecular complexity index is 356. The van der Waals surface area contributed by atoms with Crippen molar-refractivity contribution in [1.82, 2.24) is 5.32 Å². The van der Waals surface area contributed by atoms with Crippen LogP contribution in [0.2, 0.25) is 0 Å². The largest absolute Gasteiger partial charge is 0.494 e. The van der Waals surface area contributed by atoms with Crippen molar-refractivity contribution in [3.63, 3.8) is 0 Å². The Morgan fingerprint density at radius 3 is 2.53 bits per heavy atom. The summed E-state index contributed by atoms with van der Waals surface area (Å²) < 4.78 is 31.7. The SMILES string of the molecule is COc1ccc(F)c([C@@H]2CCN2)c1F.Cl. The van der Waals surface area contributed by atoms with Gasteiger partial charge in [0.2, 0.25) is 0 Å². The average molecular weight is 236 g/mol. The summed E-state index contributed by atoms with van der Waals surface area (Å²) in [5.41, 5.74) is 0.0931. The maximum atomic E-state index is 13.6. The van der Waals surface area contributed by atoms with Crippen LogP contribution in [0.3, 0.4) is 0 Å². The predicted octanol–water partition coefficient (Wildman–Crippen LogP) is 2.43. The Morgan fingerprint density at radius 1 is 1.40 bits per heavy atom. The second-order valence-corrected chi connectivity index (χ2v) is 3.27. The number of methoxy groups -OCH3 is 1. The van der Waals surface area contributed by atoms with Gasteiger partial charge in [0.1, 0.15) is 5.82 Å². The third kappa shape index (κ3) is 2.06. The van der Waals surface area contributed by atoms with Crippen LogP contribution in [-0.4, -0.2) is 13.7 Å². The molecule has 1 heterocycles. The molecular formula is C10H12ClF2NO. The number of halogens is 3. The maximum absolute atomic E-state index is 13.6. The minimum Gasteiger partial charge on any atom is -0.494 e. The van der Waals surface area contributed by atoms with Crippen molar-refractivity contribution >= 4 is 12.4 Å². The summed E-state index contributed by atoms with van der Waals surface area (Å²) in [6, 6.07) is 2.33. The Labute approximate surface area is 93.0 Å². The smallest absolute Gasteiger partial charge is 0.172 e. The Balaban J connectivity index is 0.00000112. The van der Waals surface area contributed by atoms with E-state index in [0.717, 1.165) is 13.0 Å². The molecule has 0 radical (unpaired) electrons. The molecule has 0 saturated carbocycles. The first-order chi connectivity index (χ1) is 6.74. The number of ether oxygens (including phenoxy) is 1. The lowest BCUT2D eigenvalue weighted by Gasteiger charge is -2.28. The average Bonchev–Trinajstić information content (AvgIpc) is 2.09. The molecule has 1 fully saturated rings. The van der Waals surface area contributed by atoms with E-state index in [1.807, 2.05) is 0 Å². The molecule has 5 heteroatoms. The van der Waals surface area contributed by atoms with Crippen molar-refractivity contribution in [2.24, 2.45) is 0 Å². The van der Waals surface area contributed by atoms with Crippen molar-refractivity contribution in [1.29, 1.82) is 0 Å². The first-order valence-electron chi connectivity index (χ1n) is 4.49. The minimum atomic E-state index is -0.593. The molecule has 1 aromatic carbocycles. The van der Waals surface area contributed by atoms with E-state index in [4.69, 9.17) is 4.74 Å². The molecule has 1 aromatic rings. The highest BCUT2D eigenvalue weighted by Crippen LogP contribution is 2.32. The van der Waals surface area contributed by atoms with Gasteiger partial charge in [-0.05, 0) is 25.1 Å². The quantitative estimate of drug-likeness (QED) is 0.850. The summed E-state index contributed by atoms with van der Waals surface area (Å²) >= 11 is 0. The number of rotatable bonds is 2. The van der Waals surface area contributed by atoms with Gasteiger partial charge in [0.05, 0.1) is 7.11 Å². The number of hydrogen-bond donors (Lipinski definition) is 1. The summed E-state index contributed by atoms with van der Waals surface area (Å²) in [4.78, 5) is 0. The van der Waals surface area contributed by atoms with Crippen molar-refractivity contribution in [3.05, 3.63) is 29.3 Å². The van der Waals surface area contributed by atoms with Crippen LogP contribution >= 0.6 is 12.4 Å². The molecule has 0 bridgehead atoms. The molecule has 2 rings (SSSR count). The van der Waals surface area contributed by atoms with Crippen molar-refractivity contribution in [2.45, 2.75) is 12.5 Å². The highest BCUT2D eigenvalue weighted by Gasteiger charge is 2.27. The predicted molar refractivity (Wildman–Crippen MR) is 55.5 cm³/mol. The van der Waals surface area contributed by atoms with E-state index >= 15 is 0 Å². The third-order valence-electron chi connectivity index (χ3n) is 2.48. The highest BCUT2D eigenvalue weighted by molar-refractivity contribution is 5.85. The van der Waals surface area contributed by atoms with Crippen LogP contribution in [0.5, 0.6) is 5.75 Å². The summed E-state index contributed by atoms with van der Waals surface area (Å²) in [5.74, 6) is -1.01. The first kappa shape index (κ1) is 12.2. The van der Waals surface area contributed by atoms with Crippen LogP contribution in [0, 0.1) is 11.6 Å². The van der Waals surface area contributed by atoms with Crippen LogP contribution in [-0.2, 0) is 0 Å². The maximum Gasteiger partial charge on any atom is 0.172 e. The van der Waals surface area contributed by atoms with Gasteiger partial charge in [-0.1, -0.05) is 0 Å². The zero-order valence-corrected chi connectivity index (χ0v) is 9.04. The molecule has 1 aliphatic heterocycles. The molecule has 1 saturated heterocycles. The molecule has 15 heavy (non-hydrogen) atoms. The number of benzene rings is 1. The second-order valence-electron chi connectivity index (χ2n) is 3.27. The molecule has 0 amide bonds. The molecule has 0 aliphatic carbocycles. The van der Waals surface area contributed by atoms with E-state index in [-0.39, 0.29) is 29.8 Å². The van der Waals surface area contributed by atoms with Gasteiger partial charge in [0, 0.05) is 11.6 Å². The summed E-state index contributed by atoms with van der Waals surface area (Å²) in [7, 11) is 1.37. The lowest BCUT2D eigenvalue weighted by atomic mass is 9.96. The first-order valence-corrected chi connectivity index (χ1v) is 4.49. The molecule has 0 spiro atoms. The van der Waals surface area contributed by atoms with Crippen LogP contribution in [0.4, 0.5) is 8.78 Å². The van der Waals surface area contributed by atoms with Crippen molar-refractivity contribution in [2.75, 3.05) is 13.7 Å². The van der Waals surface area contributed by atoms with E-state index < -0.39 is 11.6 Å². The molecule has 1 aliphatic rings. The van der Waals surface area contributed by atoms with Gasteiger partial charge >= 0.3 is 0 Å². The van der Waals surface area contributed by atoms with Crippen LogP contribution in [0.25, 0.3) is 0 Å². The topological polar surface area (TPSA) is 21.3 Å². The fourth-order valence-electron chi connectivity index (χ4n) is 1.56. The lowest BCUT2D eigenvalue weighted by Crippen LogP contribution is -2.36. The molecular weight excluding hydrogens is 224 g/mol. The molecule has 1 N–H and O–H groups in total.